The molecule has 0 unspecified atom stereocenters. The van der Waals surface area contributed by atoms with Crippen LogP contribution in [-0.4, -0.2) is 37.0 Å². The van der Waals surface area contributed by atoms with Crippen molar-refractivity contribution < 1.29 is 19.1 Å². The highest BCUT2D eigenvalue weighted by atomic mass is 16.5. The van der Waals surface area contributed by atoms with Crippen LogP contribution in [0.5, 0.6) is 0 Å². The molecule has 6 heteroatoms. The molecule has 186 valence electrons. The van der Waals surface area contributed by atoms with Crippen LogP contribution in [0.15, 0.2) is 24.3 Å². The van der Waals surface area contributed by atoms with Crippen molar-refractivity contribution in [3.8, 4) is 0 Å². The number of hydrogen-bond donors (Lipinski definition) is 2. The summed E-state index contributed by atoms with van der Waals surface area (Å²) in [5, 5.41) is 5.65. The Labute approximate surface area is 203 Å². The number of amides is 2. The highest BCUT2D eigenvalue weighted by Gasteiger charge is 2.51. The van der Waals surface area contributed by atoms with Gasteiger partial charge >= 0.3 is 5.97 Å². The third-order valence-electron chi connectivity index (χ3n) is 8.45. The van der Waals surface area contributed by atoms with Gasteiger partial charge in [-0.05, 0) is 91.2 Å². The smallest absolute Gasteiger partial charge is 0.328 e. The third kappa shape index (κ3) is 4.87. The molecule has 6 nitrogen and oxygen atoms in total. The maximum absolute atomic E-state index is 13.1. The van der Waals surface area contributed by atoms with E-state index in [0.29, 0.717) is 11.0 Å². The van der Waals surface area contributed by atoms with Crippen LogP contribution in [0.1, 0.15) is 82.1 Å². The van der Waals surface area contributed by atoms with Crippen molar-refractivity contribution in [3.63, 3.8) is 0 Å². The number of esters is 1. The largest absolute Gasteiger partial charge is 0.467 e. The van der Waals surface area contributed by atoms with E-state index in [1.165, 1.54) is 51.2 Å². The van der Waals surface area contributed by atoms with E-state index in [-0.39, 0.29) is 23.7 Å². The van der Waals surface area contributed by atoms with Crippen molar-refractivity contribution in [1.29, 1.82) is 0 Å². The van der Waals surface area contributed by atoms with Gasteiger partial charge in [0, 0.05) is 5.56 Å². The van der Waals surface area contributed by atoms with Gasteiger partial charge in [-0.1, -0.05) is 39.8 Å². The standard InChI is InChI=1S/C28H40N2O4/c1-16(2)23(26(32)30-24(17(3)4)27(33)34-5)29-25(31)21-6-8-22(9-7-21)28-13-18-10-19(14-28)12-20(11-18)15-28/h6-9,16-20,23-24H,10-15H2,1-5H3,(H,29,31)(H,30,32)/t18?,19?,20?,23-,24-,28?/m0/s1. The van der Waals surface area contributed by atoms with Crippen molar-refractivity contribution in [2.45, 2.75) is 83.7 Å². The highest BCUT2D eigenvalue weighted by Crippen LogP contribution is 2.60. The number of nitrogens with one attached hydrogen (secondary N) is 2. The normalized spacial score (nSPS) is 29.1. The lowest BCUT2D eigenvalue weighted by molar-refractivity contribution is -0.146. The Morgan fingerprint density at radius 3 is 1.76 bits per heavy atom. The summed E-state index contributed by atoms with van der Waals surface area (Å²) >= 11 is 0. The molecule has 4 fully saturated rings. The molecule has 0 aromatic heterocycles. The van der Waals surface area contributed by atoms with Crippen LogP contribution in [0.3, 0.4) is 0 Å². The molecule has 2 amide bonds. The summed E-state index contributed by atoms with van der Waals surface area (Å²) in [6, 6.07) is 6.58. The quantitative estimate of drug-likeness (QED) is 0.560. The number of benzene rings is 1. The van der Waals surface area contributed by atoms with E-state index in [1.807, 2.05) is 39.8 Å². The Kier molecular flexibility index (Phi) is 7.07. The van der Waals surface area contributed by atoms with E-state index in [4.69, 9.17) is 4.74 Å². The molecule has 4 aliphatic carbocycles. The molecule has 0 saturated heterocycles. The first-order valence-electron chi connectivity index (χ1n) is 12.9. The van der Waals surface area contributed by atoms with Crippen LogP contribution < -0.4 is 10.6 Å². The second-order valence-corrected chi connectivity index (χ2v) is 11.7. The fourth-order valence-electron chi connectivity index (χ4n) is 7.07. The number of methoxy groups -OCH3 is 1. The zero-order chi connectivity index (χ0) is 24.6. The van der Waals surface area contributed by atoms with Gasteiger partial charge in [0.2, 0.25) is 5.91 Å². The van der Waals surface area contributed by atoms with E-state index < -0.39 is 18.1 Å². The van der Waals surface area contributed by atoms with Gasteiger partial charge in [0.25, 0.3) is 5.91 Å². The van der Waals surface area contributed by atoms with Crippen molar-refractivity contribution in [1.82, 2.24) is 10.6 Å². The maximum atomic E-state index is 13.1. The van der Waals surface area contributed by atoms with Crippen molar-refractivity contribution in [2.75, 3.05) is 7.11 Å². The first kappa shape index (κ1) is 24.7. The monoisotopic (exact) mass is 468 g/mol. The van der Waals surface area contributed by atoms with Crippen molar-refractivity contribution in [3.05, 3.63) is 35.4 Å². The van der Waals surface area contributed by atoms with Crippen molar-refractivity contribution >= 4 is 17.8 Å². The number of ether oxygens (including phenoxy) is 1. The highest BCUT2D eigenvalue weighted by molar-refractivity contribution is 5.98. The molecule has 0 spiro atoms. The topological polar surface area (TPSA) is 84.5 Å². The minimum atomic E-state index is -0.754. The van der Waals surface area contributed by atoms with E-state index in [1.54, 1.807) is 0 Å². The van der Waals surface area contributed by atoms with Gasteiger partial charge in [0.15, 0.2) is 0 Å². The van der Waals surface area contributed by atoms with Crippen molar-refractivity contribution in [2.24, 2.45) is 29.6 Å². The molecule has 0 aliphatic heterocycles. The number of rotatable bonds is 8. The lowest BCUT2D eigenvalue weighted by atomic mass is 9.48. The Balaban J connectivity index is 1.44. The Hall–Kier alpha value is -2.37. The number of carbonyl (C=O) groups is 3. The van der Waals surface area contributed by atoms with Crippen LogP contribution in [0.4, 0.5) is 0 Å². The number of carbonyl (C=O) groups excluding carboxylic acids is 3. The Morgan fingerprint density at radius 2 is 1.32 bits per heavy atom. The number of hydrogen-bond acceptors (Lipinski definition) is 4. The van der Waals surface area contributed by atoms with Crippen LogP contribution in [0, 0.1) is 29.6 Å². The minimum Gasteiger partial charge on any atom is -0.467 e. The molecule has 34 heavy (non-hydrogen) atoms. The van der Waals surface area contributed by atoms with E-state index in [0.717, 1.165) is 17.8 Å². The second-order valence-electron chi connectivity index (χ2n) is 11.7. The van der Waals surface area contributed by atoms with E-state index >= 15 is 0 Å². The molecule has 4 bridgehead atoms. The average molecular weight is 469 g/mol. The minimum absolute atomic E-state index is 0.128. The average Bonchev–Trinajstić information content (AvgIpc) is 2.79. The zero-order valence-electron chi connectivity index (χ0n) is 21.2. The summed E-state index contributed by atoms with van der Waals surface area (Å²) in [6.07, 6.45) is 8.09. The molecule has 4 saturated carbocycles. The summed E-state index contributed by atoms with van der Waals surface area (Å²) in [4.78, 5) is 38.1. The van der Waals surface area contributed by atoms with Crippen LogP contribution in [0.2, 0.25) is 0 Å². The summed E-state index contributed by atoms with van der Waals surface area (Å²) in [5.41, 5.74) is 2.23. The summed E-state index contributed by atoms with van der Waals surface area (Å²) in [5.74, 6) is 1.22. The first-order valence-corrected chi connectivity index (χ1v) is 12.9. The molecule has 4 aliphatic rings. The van der Waals surface area contributed by atoms with Gasteiger partial charge in [-0.15, -0.1) is 0 Å². The SMILES string of the molecule is COC(=O)[C@@H](NC(=O)[C@@H](NC(=O)c1ccc(C23CC4CC(CC(C4)C2)C3)cc1)C(C)C)C(C)C. The molecular weight excluding hydrogens is 428 g/mol. The molecule has 5 rings (SSSR count). The molecular formula is C28H40N2O4. The molecule has 1 aromatic carbocycles. The van der Waals surface area contributed by atoms with E-state index in [2.05, 4.69) is 22.8 Å². The van der Waals surface area contributed by atoms with Gasteiger partial charge in [-0.25, -0.2) is 4.79 Å². The fourth-order valence-corrected chi connectivity index (χ4v) is 7.07. The molecule has 0 heterocycles. The summed E-state index contributed by atoms with van der Waals surface area (Å²) < 4.78 is 4.82. The Bertz CT molecular complexity index is 886. The van der Waals surface area contributed by atoms with Gasteiger partial charge in [-0.2, -0.15) is 0 Å². The molecule has 2 atom stereocenters. The lowest BCUT2D eigenvalue weighted by Crippen LogP contribution is -2.55. The predicted molar refractivity (Wildman–Crippen MR) is 131 cm³/mol. The maximum Gasteiger partial charge on any atom is 0.328 e. The third-order valence-corrected chi connectivity index (χ3v) is 8.45. The zero-order valence-corrected chi connectivity index (χ0v) is 21.2. The summed E-state index contributed by atoms with van der Waals surface area (Å²) in [6.45, 7) is 7.44. The van der Waals surface area contributed by atoms with Gasteiger partial charge in [0.05, 0.1) is 7.11 Å². The van der Waals surface area contributed by atoms with Crippen LogP contribution >= 0.6 is 0 Å². The first-order chi connectivity index (χ1) is 16.1. The van der Waals surface area contributed by atoms with E-state index in [9.17, 15) is 14.4 Å². The summed E-state index contributed by atoms with van der Waals surface area (Å²) in [7, 11) is 1.30. The van der Waals surface area contributed by atoms with Gasteiger partial charge in [-0.3, -0.25) is 9.59 Å². The van der Waals surface area contributed by atoms with Crippen LogP contribution in [0.25, 0.3) is 0 Å². The Morgan fingerprint density at radius 1 is 0.824 bits per heavy atom. The van der Waals surface area contributed by atoms with Gasteiger partial charge < -0.3 is 15.4 Å². The molecule has 0 radical (unpaired) electrons. The fraction of sp³-hybridized carbons (Fsp3) is 0.679. The molecule has 2 N–H and O–H groups in total. The molecule has 1 aromatic rings. The second kappa shape index (κ2) is 9.71. The van der Waals surface area contributed by atoms with Crippen LogP contribution in [-0.2, 0) is 19.7 Å². The van der Waals surface area contributed by atoms with Gasteiger partial charge in [0.1, 0.15) is 12.1 Å². The predicted octanol–water partition coefficient (Wildman–Crippen LogP) is 4.22. The lowest BCUT2D eigenvalue weighted by Gasteiger charge is -2.57.